The molecular formula is C95H105ClN4O14S3. The van der Waals surface area contributed by atoms with Gasteiger partial charge >= 0.3 is 17.9 Å². The highest BCUT2D eigenvalue weighted by atomic mass is 35.5. The van der Waals surface area contributed by atoms with E-state index < -0.39 is 45.9 Å². The Hall–Kier alpha value is -10.8. The molecule has 11 aromatic rings. The molecule has 0 spiro atoms. The Morgan fingerprint density at radius 1 is 0.402 bits per heavy atom. The summed E-state index contributed by atoms with van der Waals surface area (Å²) in [7, 11) is 1.25. The van der Waals surface area contributed by atoms with Crippen LogP contribution < -0.4 is 14.2 Å². The van der Waals surface area contributed by atoms with Crippen LogP contribution in [-0.4, -0.2) is 119 Å². The molecule has 4 aromatic heterocycles. The molecule has 1 N–H and O–H groups in total. The number of aldehydes is 1. The Balaban J connectivity index is 0.000000237. The maximum Gasteiger partial charge on any atom is 0.350 e. The van der Waals surface area contributed by atoms with Crippen molar-refractivity contribution < 1.29 is 68.5 Å². The first kappa shape index (κ1) is 93.3. The van der Waals surface area contributed by atoms with Gasteiger partial charge in [-0.25, -0.2) is 34.3 Å². The zero-order valence-electron chi connectivity index (χ0n) is 72.0. The molecule has 117 heavy (non-hydrogen) atoms. The first-order valence-corrected chi connectivity index (χ1v) is 41.2. The lowest BCUT2D eigenvalue weighted by Crippen LogP contribution is -2.43. The van der Waals surface area contributed by atoms with Crippen LogP contribution in [0.5, 0.6) is 17.2 Å². The van der Waals surface area contributed by atoms with Gasteiger partial charge in [-0.3, -0.25) is 24.0 Å². The van der Waals surface area contributed by atoms with Gasteiger partial charge in [0.2, 0.25) is 0 Å². The van der Waals surface area contributed by atoms with Gasteiger partial charge in [0.15, 0.2) is 39.9 Å². The van der Waals surface area contributed by atoms with Crippen molar-refractivity contribution in [3.63, 3.8) is 0 Å². The van der Waals surface area contributed by atoms with E-state index in [4.69, 9.17) is 36.7 Å². The second-order valence-corrected chi connectivity index (χ2v) is 33.7. The molecule has 0 atom stereocenters. The number of fused-ring (bicyclic) bond motifs is 4. The number of thioether (sulfide) groups is 3. The number of rotatable bonds is 21. The van der Waals surface area contributed by atoms with Crippen LogP contribution >= 0.6 is 46.9 Å². The predicted molar refractivity (Wildman–Crippen MR) is 477 cm³/mol. The summed E-state index contributed by atoms with van der Waals surface area (Å²) in [6.07, 6.45) is 13.2. The number of ketones is 4. The van der Waals surface area contributed by atoms with Crippen molar-refractivity contribution in [1.29, 1.82) is 0 Å². The van der Waals surface area contributed by atoms with Crippen molar-refractivity contribution in [1.82, 2.24) is 19.9 Å². The van der Waals surface area contributed by atoms with E-state index in [-0.39, 0.29) is 28.3 Å². The van der Waals surface area contributed by atoms with E-state index in [1.165, 1.54) is 63.5 Å². The van der Waals surface area contributed by atoms with Crippen LogP contribution in [0.25, 0.3) is 55.8 Å². The van der Waals surface area contributed by atoms with Crippen molar-refractivity contribution in [3.05, 3.63) is 247 Å². The monoisotopic (exact) mass is 1660 g/mol. The van der Waals surface area contributed by atoms with E-state index in [1.807, 2.05) is 241 Å². The maximum atomic E-state index is 13.0. The van der Waals surface area contributed by atoms with Crippen molar-refractivity contribution in [2.75, 3.05) is 18.8 Å². The van der Waals surface area contributed by atoms with Crippen LogP contribution in [0.2, 0.25) is 5.15 Å². The Bertz CT molecular complexity index is 5560. The first-order chi connectivity index (χ1) is 55.3. The molecular weight excluding hydrogens is 1550 g/mol. The number of allylic oxidation sites excluding steroid dienone is 2. The van der Waals surface area contributed by atoms with Crippen LogP contribution in [-0.2, 0) is 23.9 Å². The van der Waals surface area contributed by atoms with Crippen LogP contribution in [0.15, 0.2) is 185 Å². The summed E-state index contributed by atoms with van der Waals surface area (Å²) in [6, 6.07) is 49.4. The quantitative estimate of drug-likeness (QED) is 0.0175. The van der Waals surface area contributed by atoms with E-state index >= 15 is 0 Å². The largest absolute Gasteiger partial charge is 0.478 e. The van der Waals surface area contributed by atoms with Gasteiger partial charge in [0.1, 0.15) is 55.0 Å². The number of carboxylic acids is 1. The smallest absolute Gasteiger partial charge is 0.350 e. The lowest BCUT2D eigenvalue weighted by atomic mass is 10.0. The van der Waals surface area contributed by atoms with E-state index in [0.717, 1.165) is 99.4 Å². The molecule has 18 nitrogen and oxygen atoms in total. The summed E-state index contributed by atoms with van der Waals surface area (Å²) in [5.41, 5.74) is 8.33. The second kappa shape index (κ2) is 40.8. The number of carbonyl (C=O) groups is 8. The van der Waals surface area contributed by atoms with Crippen molar-refractivity contribution in [3.8, 4) is 17.2 Å². The van der Waals surface area contributed by atoms with Crippen LogP contribution in [0.1, 0.15) is 202 Å². The molecule has 22 heteroatoms. The van der Waals surface area contributed by atoms with Gasteiger partial charge in [0, 0.05) is 28.5 Å². The van der Waals surface area contributed by atoms with Crippen molar-refractivity contribution in [2.45, 2.75) is 189 Å². The minimum atomic E-state index is -1.33. The average molecular weight is 1660 g/mol. The van der Waals surface area contributed by atoms with E-state index in [0.29, 0.717) is 55.1 Å². The van der Waals surface area contributed by atoms with Crippen LogP contribution in [0, 0.1) is 41.5 Å². The first-order valence-electron chi connectivity index (χ1n) is 38.2. The number of aromatic nitrogens is 4. The Labute approximate surface area is 706 Å². The van der Waals surface area contributed by atoms with Gasteiger partial charge in [-0.05, 0) is 299 Å². The Kier molecular flexibility index (Phi) is 32.6. The molecule has 0 fully saturated rings. The zero-order valence-corrected chi connectivity index (χ0v) is 74.2. The fourth-order valence-corrected chi connectivity index (χ4v) is 13.6. The number of esters is 2. The molecule has 614 valence electrons. The fourth-order valence-electron chi connectivity index (χ4n) is 11.6. The number of pyridine rings is 4. The second-order valence-electron chi connectivity index (χ2n) is 31.0. The minimum Gasteiger partial charge on any atom is -0.478 e. The molecule has 0 saturated carbocycles. The fraction of sp³-hybridized carbons (Fsp3) is 0.305. The molecule has 11 rings (SSSR count). The number of carboxylic acid groups (broad SMARTS) is 1. The van der Waals surface area contributed by atoms with E-state index in [9.17, 15) is 43.5 Å². The number of aryl methyl sites for hydroxylation is 6. The highest BCUT2D eigenvalue weighted by Gasteiger charge is 2.37. The summed E-state index contributed by atoms with van der Waals surface area (Å²) in [5.74, 6) is -0.316. The van der Waals surface area contributed by atoms with Gasteiger partial charge in [0.05, 0.1) is 44.3 Å². The molecule has 0 amide bonds. The normalized spacial score (nSPS) is 11.6. The van der Waals surface area contributed by atoms with E-state index in [1.54, 1.807) is 77.1 Å². The number of halogens is 1. The van der Waals surface area contributed by atoms with Gasteiger partial charge in [-0.15, -0.1) is 35.3 Å². The third-order valence-corrected chi connectivity index (χ3v) is 19.8. The van der Waals surface area contributed by atoms with Gasteiger partial charge in [-0.1, -0.05) is 104 Å². The molecule has 0 aliphatic carbocycles. The Morgan fingerprint density at radius 3 is 0.949 bits per heavy atom. The summed E-state index contributed by atoms with van der Waals surface area (Å²) in [5, 5.41) is 15.6. The molecule has 0 bridgehead atoms. The molecule has 0 aliphatic heterocycles. The predicted octanol–water partition coefficient (Wildman–Crippen LogP) is 23.2. The van der Waals surface area contributed by atoms with E-state index in [2.05, 4.69) is 19.9 Å². The molecule has 0 radical (unpaired) electrons. The highest BCUT2D eigenvalue weighted by Crippen LogP contribution is 2.35. The number of benzene rings is 7. The number of nitrogens with zero attached hydrogens (tertiary/aromatic N) is 4. The molecule has 0 unspecified atom stereocenters. The highest BCUT2D eigenvalue weighted by molar-refractivity contribution is 7.99. The number of Topliss-reactive ketones (excluding diaryl/α,β-unsaturated/α-hetero) is 2. The number of aliphatic carboxylic acids is 1. The number of hydrogen-bond acceptors (Lipinski definition) is 20. The molecule has 4 heterocycles. The van der Waals surface area contributed by atoms with Gasteiger partial charge in [0.25, 0.3) is 0 Å². The summed E-state index contributed by atoms with van der Waals surface area (Å²) >= 11 is 10.3. The summed E-state index contributed by atoms with van der Waals surface area (Å²) in [6.45, 7) is 35.0. The lowest BCUT2D eigenvalue weighted by molar-refractivity contribution is -0.171. The number of hydrogen-bond donors (Lipinski definition) is 1. The van der Waals surface area contributed by atoms with Gasteiger partial charge < -0.3 is 28.8 Å². The Morgan fingerprint density at radius 2 is 0.667 bits per heavy atom. The standard InChI is InChI=1S/C29H33NO4S.C25H25NO4S.C17H24O4.C12H11NOS.C11H8ClNO.CH4/c1-18-15-20(16-19(2)25(18)33-29(6,7)27(32)34-28(3,4)5)13-14-24(31)22-17-21-11-9-10-12-23(21)30-26(22)35-8;1-15-12-17(13-16(2)22(15)30-25(3,4)24(28)29)10-11-21(27)19-14-18-8-6-7-9-20(18)26-23(19)31-5;1-11-8-13(10-18)9-12(2)14(11)20-17(6,7)15(19)21-16(3,4)5;1-8(14)10-7-9-5-3-4-6-11(9)13-12(10)15-2;1-7(14)9-6-8-4-2-3-5-10(8)13-11(9)12;/h9-17H,1-8H3;6-14H,1-5H3,(H,28,29);8-10H,1-7H3;3-7H,1-2H3;2-6H,1H3;1H4/b14-13+;11-10+;;;;/i;;;;;1T. The molecule has 0 aliphatic rings. The summed E-state index contributed by atoms with van der Waals surface area (Å²) in [4.78, 5) is 113. The zero-order chi connectivity index (χ0) is 88.1. The number of ether oxygens (including phenoxy) is 5. The third kappa shape index (κ3) is 26.3. The number of para-hydroxylation sites is 4. The van der Waals surface area contributed by atoms with Crippen LogP contribution in [0.4, 0.5) is 0 Å². The maximum absolute atomic E-state index is 13.0. The number of carbonyl (C=O) groups excluding carboxylic acids is 7. The third-order valence-electron chi connectivity index (χ3n) is 17.4. The topological polar surface area (TPSA) is 254 Å². The van der Waals surface area contributed by atoms with Crippen LogP contribution in [0.3, 0.4) is 0 Å². The molecule has 7 aromatic carbocycles. The van der Waals surface area contributed by atoms with Gasteiger partial charge in [-0.2, -0.15) is 0 Å². The minimum absolute atomic E-state index is 0.0618. The molecule has 0 saturated heterocycles. The summed E-state index contributed by atoms with van der Waals surface area (Å²) < 4.78 is 34.4. The van der Waals surface area contributed by atoms with Crippen molar-refractivity contribution in [2.24, 2.45) is 0 Å². The lowest BCUT2D eigenvalue weighted by Gasteiger charge is -2.30. The average Bonchev–Trinajstić information content (AvgIpc) is 0.832. The SMILES string of the molecule is CC(=O)c1cc2ccccc2nc1Cl.CSc1nc2ccccc2cc1C(=O)/C=C/c1cc(C)c(OC(C)(C)C(=O)O)c(C)c1.CSc1nc2ccccc2cc1C(=O)/C=C/c1cc(C)c(OC(C)(C)C(=O)OC(C)(C)C)c(C)c1.CSc1nc2ccccc2cc1C(C)=O.Cc1cc(C=O)cc(C)c1OC(C)(C)C(=O)OC(C)(C)C.[3H]C. The van der Waals surface area contributed by atoms with Crippen molar-refractivity contribution >= 4 is 150 Å².